The van der Waals surface area contributed by atoms with E-state index >= 15 is 0 Å². The van der Waals surface area contributed by atoms with Crippen molar-refractivity contribution < 1.29 is 4.74 Å². The molecule has 1 aliphatic rings. The number of aromatic nitrogens is 1. The zero-order valence-corrected chi connectivity index (χ0v) is 12.9. The fourth-order valence-corrected chi connectivity index (χ4v) is 3.14. The van der Waals surface area contributed by atoms with Crippen LogP contribution in [0.2, 0.25) is 5.02 Å². The summed E-state index contributed by atoms with van der Waals surface area (Å²) in [6, 6.07) is 5.33. The second kappa shape index (κ2) is 5.14. The van der Waals surface area contributed by atoms with E-state index in [1.807, 2.05) is 12.1 Å². The first kappa shape index (κ1) is 13.5. The summed E-state index contributed by atoms with van der Waals surface area (Å²) < 4.78 is 7.63. The summed E-state index contributed by atoms with van der Waals surface area (Å²) in [6.07, 6.45) is 2.47. The molecule has 0 amide bonds. The first-order chi connectivity index (χ1) is 9.54. The van der Waals surface area contributed by atoms with Gasteiger partial charge in [-0.1, -0.05) is 11.6 Å². The highest BCUT2D eigenvalue weighted by Gasteiger charge is 2.18. The van der Waals surface area contributed by atoms with Crippen LogP contribution in [0.5, 0.6) is 5.75 Å². The molecule has 2 heterocycles. The Morgan fingerprint density at radius 1 is 1.40 bits per heavy atom. The standard InChI is InChI=1S/C14H12BrClN2O2/c15-12-5-11(17)7-18(14(12)19)6-9-4-10(16)3-8-1-2-20-13(8)9/h3-5,7H,1-2,6,17H2. The average Bonchev–Trinajstić information content (AvgIpc) is 2.83. The SMILES string of the molecule is Nc1cc(Br)c(=O)n(Cc2cc(Cl)cc3c2OCC3)c1. The van der Waals surface area contributed by atoms with Crippen LogP contribution in [0, 0.1) is 0 Å². The molecule has 0 bridgehead atoms. The average molecular weight is 356 g/mol. The lowest BCUT2D eigenvalue weighted by Gasteiger charge is -2.12. The van der Waals surface area contributed by atoms with Gasteiger partial charge in [0, 0.05) is 28.9 Å². The van der Waals surface area contributed by atoms with Crippen LogP contribution in [0.3, 0.4) is 0 Å². The number of rotatable bonds is 2. The topological polar surface area (TPSA) is 57.2 Å². The highest BCUT2D eigenvalue weighted by molar-refractivity contribution is 9.10. The van der Waals surface area contributed by atoms with Gasteiger partial charge >= 0.3 is 0 Å². The lowest BCUT2D eigenvalue weighted by atomic mass is 10.1. The van der Waals surface area contributed by atoms with E-state index in [9.17, 15) is 4.79 Å². The van der Waals surface area contributed by atoms with E-state index in [-0.39, 0.29) is 5.56 Å². The largest absolute Gasteiger partial charge is 0.493 e. The Morgan fingerprint density at radius 3 is 3.00 bits per heavy atom. The third-order valence-corrected chi connectivity index (χ3v) is 4.02. The second-order valence-electron chi connectivity index (χ2n) is 4.71. The van der Waals surface area contributed by atoms with Crippen molar-refractivity contribution in [1.82, 2.24) is 4.57 Å². The smallest absolute Gasteiger partial charge is 0.265 e. The third-order valence-electron chi connectivity index (χ3n) is 3.23. The number of nitrogens with zero attached hydrogens (tertiary/aromatic N) is 1. The molecule has 0 saturated carbocycles. The van der Waals surface area contributed by atoms with Crippen LogP contribution < -0.4 is 16.0 Å². The molecule has 3 rings (SSSR count). The molecule has 0 spiro atoms. The van der Waals surface area contributed by atoms with Crippen LogP contribution in [0.4, 0.5) is 5.69 Å². The number of nitrogen functional groups attached to an aromatic ring is 1. The minimum atomic E-state index is -0.133. The molecule has 0 unspecified atom stereocenters. The zero-order valence-electron chi connectivity index (χ0n) is 10.5. The maximum absolute atomic E-state index is 12.1. The fraction of sp³-hybridized carbons (Fsp3) is 0.214. The molecule has 0 fully saturated rings. The molecule has 1 aromatic heterocycles. The van der Waals surface area contributed by atoms with Crippen LogP contribution in [0.25, 0.3) is 0 Å². The number of nitrogens with two attached hydrogens (primary N) is 1. The van der Waals surface area contributed by atoms with Gasteiger partial charge in [-0.15, -0.1) is 0 Å². The van der Waals surface area contributed by atoms with Gasteiger partial charge in [0.05, 0.1) is 17.6 Å². The van der Waals surface area contributed by atoms with Gasteiger partial charge in [0.2, 0.25) is 0 Å². The van der Waals surface area contributed by atoms with Crippen molar-refractivity contribution in [2.75, 3.05) is 12.3 Å². The van der Waals surface area contributed by atoms with Crippen molar-refractivity contribution in [3.05, 3.63) is 55.4 Å². The summed E-state index contributed by atoms with van der Waals surface area (Å²) in [6.45, 7) is 1.03. The van der Waals surface area contributed by atoms with Crippen LogP contribution in [0.1, 0.15) is 11.1 Å². The first-order valence-corrected chi connectivity index (χ1v) is 7.31. The highest BCUT2D eigenvalue weighted by Crippen LogP contribution is 2.33. The molecule has 20 heavy (non-hydrogen) atoms. The van der Waals surface area contributed by atoms with Crippen LogP contribution in [-0.4, -0.2) is 11.2 Å². The molecule has 104 valence electrons. The summed E-state index contributed by atoms with van der Waals surface area (Å²) in [4.78, 5) is 12.1. The van der Waals surface area contributed by atoms with Gasteiger partial charge < -0.3 is 15.0 Å². The van der Waals surface area contributed by atoms with Crippen molar-refractivity contribution in [1.29, 1.82) is 0 Å². The Hall–Kier alpha value is -1.46. The van der Waals surface area contributed by atoms with Gasteiger partial charge in [0.1, 0.15) is 5.75 Å². The Balaban J connectivity index is 2.07. The lowest BCUT2D eigenvalue weighted by molar-refractivity contribution is 0.352. The normalized spacial score (nSPS) is 13.1. The monoisotopic (exact) mass is 354 g/mol. The molecular weight excluding hydrogens is 344 g/mol. The van der Waals surface area contributed by atoms with Crippen molar-refractivity contribution in [3.8, 4) is 5.75 Å². The molecule has 1 aromatic carbocycles. The van der Waals surface area contributed by atoms with Crippen molar-refractivity contribution in [2.24, 2.45) is 0 Å². The molecule has 0 aliphatic carbocycles. The minimum Gasteiger partial charge on any atom is -0.493 e. The van der Waals surface area contributed by atoms with Crippen LogP contribution >= 0.6 is 27.5 Å². The predicted molar refractivity (Wildman–Crippen MR) is 82.6 cm³/mol. The Morgan fingerprint density at radius 2 is 2.20 bits per heavy atom. The van der Waals surface area contributed by atoms with Gasteiger partial charge in [0.25, 0.3) is 5.56 Å². The Kier molecular flexibility index (Phi) is 3.48. The van der Waals surface area contributed by atoms with Gasteiger partial charge in [-0.25, -0.2) is 0 Å². The number of anilines is 1. The summed E-state index contributed by atoms with van der Waals surface area (Å²) in [5, 5.41) is 0.653. The van der Waals surface area contributed by atoms with Crippen LogP contribution in [-0.2, 0) is 13.0 Å². The van der Waals surface area contributed by atoms with Crippen molar-refractivity contribution in [3.63, 3.8) is 0 Å². The van der Waals surface area contributed by atoms with Crippen molar-refractivity contribution >= 4 is 33.2 Å². The van der Waals surface area contributed by atoms with E-state index < -0.39 is 0 Å². The van der Waals surface area contributed by atoms with Gasteiger partial charge in [-0.05, 0) is 39.7 Å². The Bertz CT molecular complexity index is 743. The second-order valence-corrected chi connectivity index (χ2v) is 6.00. The maximum Gasteiger partial charge on any atom is 0.265 e. The van der Waals surface area contributed by atoms with Gasteiger partial charge in [-0.2, -0.15) is 0 Å². The predicted octanol–water partition coefficient (Wildman–Crippen LogP) is 2.83. The highest BCUT2D eigenvalue weighted by atomic mass is 79.9. The number of pyridine rings is 1. The van der Waals surface area contributed by atoms with E-state index in [1.165, 1.54) is 0 Å². The van der Waals surface area contributed by atoms with E-state index in [0.29, 0.717) is 28.3 Å². The van der Waals surface area contributed by atoms with E-state index in [2.05, 4.69) is 15.9 Å². The summed E-state index contributed by atoms with van der Waals surface area (Å²) in [5.41, 5.74) is 8.15. The van der Waals surface area contributed by atoms with E-state index in [4.69, 9.17) is 22.1 Å². The summed E-state index contributed by atoms with van der Waals surface area (Å²) in [7, 11) is 0. The lowest BCUT2D eigenvalue weighted by Crippen LogP contribution is -2.21. The number of halogens is 2. The molecule has 0 saturated heterocycles. The molecule has 0 radical (unpaired) electrons. The van der Waals surface area contributed by atoms with Gasteiger partial charge in [-0.3, -0.25) is 4.79 Å². The fourth-order valence-electron chi connectivity index (χ4n) is 2.39. The third kappa shape index (κ3) is 2.43. The number of fused-ring (bicyclic) bond motifs is 1. The first-order valence-electron chi connectivity index (χ1n) is 6.14. The molecule has 2 N–H and O–H groups in total. The molecule has 6 heteroatoms. The Labute approximate surface area is 129 Å². The summed E-state index contributed by atoms with van der Waals surface area (Å²) in [5.74, 6) is 0.833. The summed E-state index contributed by atoms with van der Waals surface area (Å²) >= 11 is 9.34. The molecule has 2 aromatic rings. The van der Waals surface area contributed by atoms with Crippen molar-refractivity contribution in [2.45, 2.75) is 13.0 Å². The number of ether oxygens (including phenoxy) is 1. The van der Waals surface area contributed by atoms with E-state index in [1.54, 1.807) is 16.8 Å². The number of benzene rings is 1. The zero-order chi connectivity index (χ0) is 14.3. The maximum atomic E-state index is 12.1. The quantitative estimate of drug-likeness (QED) is 0.901. The number of hydrogen-bond acceptors (Lipinski definition) is 3. The van der Waals surface area contributed by atoms with Crippen LogP contribution in [0.15, 0.2) is 33.7 Å². The minimum absolute atomic E-state index is 0.133. The molecular formula is C14H12BrClN2O2. The van der Waals surface area contributed by atoms with E-state index in [0.717, 1.165) is 23.3 Å². The van der Waals surface area contributed by atoms with Gasteiger partial charge in [0.15, 0.2) is 0 Å². The molecule has 1 aliphatic heterocycles. The number of hydrogen-bond donors (Lipinski definition) is 1. The molecule has 4 nitrogen and oxygen atoms in total. The molecule has 0 atom stereocenters.